The number of benzene rings is 1. The van der Waals surface area contributed by atoms with Crippen molar-refractivity contribution in [1.82, 2.24) is 4.90 Å². The van der Waals surface area contributed by atoms with Crippen LogP contribution in [0.3, 0.4) is 0 Å². The van der Waals surface area contributed by atoms with Crippen LogP contribution >= 0.6 is 0 Å². The minimum Gasteiger partial charge on any atom is -0.342 e. The molecule has 6 rings (SSSR count). The largest absolute Gasteiger partial charge is 0.342 e. The first-order valence-electron chi connectivity index (χ1n) is 9.54. The molecule has 122 valence electrons. The highest BCUT2D eigenvalue weighted by atomic mass is 16.2. The lowest BCUT2D eigenvalue weighted by Gasteiger charge is -2.62. The van der Waals surface area contributed by atoms with Crippen LogP contribution in [-0.4, -0.2) is 23.9 Å². The van der Waals surface area contributed by atoms with Gasteiger partial charge in [-0.3, -0.25) is 4.79 Å². The van der Waals surface area contributed by atoms with Gasteiger partial charge in [0, 0.05) is 13.1 Å². The number of hydrogen-bond donors (Lipinski definition) is 0. The highest BCUT2D eigenvalue weighted by Gasteiger charge is 2.61. The van der Waals surface area contributed by atoms with E-state index in [4.69, 9.17) is 0 Å². The predicted octanol–water partition coefficient (Wildman–Crippen LogP) is 4.15. The molecule has 1 heterocycles. The first kappa shape index (κ1) is 14.1. The number of rotatable bonds is 2. The number of amides is 1. The fourth-order valence-corrected chi connectivity index (χ4v) is 6.90. The molecule has 5 aliphatic rings. The Morgan fingerprint density at radius 2 is 1.61 bits per heavy atom. The lowest BCUT2D eigenvalue weighted by Crippen LogP contribution is -2.59. The van der Waals surface area contributed by atoms with Gasteiger partial charge >= 0.3 is 0 Å². The first-order chi connectivity index (χ1) is 11.2. The van der Waals surface area contributed by atoms with Gasteiger partial charge in [-0.2, -0.15) is 0 Å². The Labute approximate surface area is 139 Å². The van der Waals surface area contributed by atoms with Gasteiger partial charge in [0.25, 0.3) is 0 Å². The SMILES string of the molecule is O=C(N1CCCC1)C12CC3CC(C1)CC(c1ccccc1)(C3)C2. The molecule has 2 atom stereocenters. The summed E-state index contributed by atoms with van der Waals surface area (Å²) in [4.78, 5) is 15.6. The Hall–Kier alpha value is -1.31. The molecule has 0 spiro atoms. The van der Waals surface area contributed by atoms with Crippen molar-refractivity contribution in [3.63, 3.8) is 0 Å². The maximum Gasteiger partial charge on any atom is 0.228 e. The summed E-state index contributed by atoms with van der Waals surface area (Å²) in [6, 6.07) is 11.1. The van der Waals surface area contributed by atoms with E-state index in [1.165, 1.54) is 50.5 Å². The lowest BCUT2D eigenvalue weighted by atomic mass is 9.42. The summed E-state index contributed by atoms with van der Waals surface area (Å²) in [5, 5.41) is 0. The van der Waals surface area contributed by atoms with E-state index in [2.05, 4.69) is 35.2 Å². The third-order valence-electron chi connectivity index (χ3n) is 7.29. The molecule has 2 nitrogen and oxygen atoms in total. The summed E-state index contributed by atoms with van der Waals surface area (Å²) >= 11 is 0. The predicted molar refractivity (Wildman–Crippen MR) is 91.0 cm³/mol. The molecule has 23 heavy (non-hydrogen) atoms. The van der Waals surface area contributed by atoms with Crippen molar-refractivity contribution in [2.45, 2.75) is 56.8 Å². The summed E-state index contributed by atoms with van der Waals surface area (Å²) in [5.74, 6) is 2.08. The maximum atomic E-state index is 13.4. The van der Waals surface area contributed by atoms with Crippen LogP contribution in [-0.2, 0) is 10.2 Å². The van der Waals surface area contributed by atoms with Crippen molar-refractivity contribution < 1.29 is 4.79 Å². The van der Waals surface area contributed by atoms with Gasteiger partial charge in [0.05, 0.1) is 5.41 Å². The number of hydrogen-bond acceptors (Lipinski definition) is 1. The molecular weight excluding hydrogens is 282 g/mol. The lowest BCUT2D eigenvalue weighted by molar-refractivity contribution is -0.159. The summed E-state index contributed by atoms with van der Waals surface area (Å²) in [6.07, 6.45) is 9.90. The second-order valence-corrected chi connectivity index (χ2v) is 8.89. The maximum absolute atomic E-state index is 13.4. The Balaban J connectivity index is 1.53. The minimum atomic E-state index is -0.0235. The Bertz CT molecular complexity index is 602. The standard InChI is InChI=1S/C21H27NO/c23-19(22-8-4-5-9-22)21-13-16-10-17(14-21)12-20(11-16,15-21)18-6-2-1-3-7-18/h1-3,6-7,16-17H,4-5,8-15H2. The van der Waals surface area contributed by atoms with Gasteiger partial charge in [0.15, 0.2) is 0 Å². The molecule has 0 aromatic heterocycles. The van der Waals surface area contributed by atoms with E-state index in [-0.39, 0.29) is 5.41 Å². The van der Waals surface area contributed by atoms with E-state index in [0.717, 1.165) is 31.3 Å². The number of nitrogens with zero attached hydrogens (tertiary/aromatic N) is 1. The summed E-state index contributed by atoms with van der Waals surface area (Å²) < 4.78 is 0. The van der Waals surface area contributed by atoms with Crippen LogP contribution in [0.25, 0.3) is 0 Å². The van der Waals surface area contributed by atoms with Gasteiger partial charge in [-0.1, -0.05) is 30.3 Å². The van der Waals surface area contributed by atoms with Crippen LogP contribution in [0.4, 0.5) is 0 Å². The van der Waals surface area contributed by atoms with E-state index < -0.39 is 0 Å². The van der Waals surface area contributed by atoms with E-state index in [9.17, 15) is 4.79 Å². The molecular formula is C21H27NO. The zero-order valence-corrected chi connectivity index (χ0v) is 14.0. The van der Waals surface area contributed by atoms with E-state index >= 15 is 0 Å². The minimum absolute atomic E-state index is 0.0235. The van der Waals surface area contributed by atoms with Crippen molar-refractivity contribution >= 4 is 5.91 Å². The van der Waals surface area contributed by atoms with Crippen molar-refractivity contribution in [3.05, 3.63) is 35.9 Å². The van der Waals surface area contributed by atoms with Gasteiger partial charge in [0.2, 0.25) is 5.91 Å². The molecule has 4 aliphatic carbocycles. The molecule has 4 saturated carbocycles. The molecule has 2 heteroatoms. The summed E-state index contributed by atoms with van der Waals surface area (Å²) in [6.45, 7) is 2.02. The second-order valence-electron chi connectivity index (χ2n) is 8.89. The number of carbonyl (C=O) groups is 1. The van der Waals surface area contributed by atoms with E-state index in [0.29, 0.717) is 11.3 Å². The van der Waals surface area contributed by atoms with Gasteiger partial charge in [-0.15, -0.1) is 0 Å². The topological polar surface area (TPSA) is 20.3 Å². The number of likely N-dealkylation sites (tertiary alicyclic amines) is 1. The van der Waals surface area contributed by atoms with Gasteiger partial charge in [0.1, 0.15) is 0 Å². The van der Waals surface area contributed by atoms with Crippen LogP contribution < -0.4 is 0 Å². The molecule has 2 unspecified atom stereocenters. The van der Waals surface area contributed by atoms with Crippen molar-refractivity contribution in [2.24, 2.45) is 17.3 Å². The van der Waals surface area contributed by atoms with Crippen molar-refractivity contribution in [2.75, 3.05) is 13.1 Å². The zero-order valence-electron chi connectivity index (χ0n) is 14.0. The smallest absolute Gasteiger partial charge is 0.228 e. The fraction of sp³-hybridized carbons (Fsp3) is 0.667. The average molecular weight is 309 g/mol. The normalized spacial score (nSPS) is 41.5. The Morgan fingerprint density at radius 3 is 2.26 bits per heavy atom. The molecule has 1 aromatic carbocycles. The number of carbonyl (C=O) groups excluding carboxylic acids is 1. The molecule has 0 radical (unpaired) electrons. The fourth-order valence-electron chi connectivity index (χ4n) is 6.90. The van der Waals surface area contributed by atoms with Crippen LogP contribution in [0.2, 0.25) is 0 Å². The molecule has 1 aromatic rings. The van der Waals surface area contributed by atoms with Crippen LogP contribution in [0.1, 0.15) is 56.9 Å². The van der Waals surface area contributed by atoms with Crippen molar-refractivity contribution in [1.29, 1.82) is 0 Å². The molecule has 5 fully saturated rings. The van der Waals surface area contributed by atoms with Crippen LogP contribution in [0.5, 0.6) is 0 Å². The third-order valence-corrected chi connectivity index (χ3v) is 7.29. The molecule has 0 N–H and O–H groups in total. The first-order valence-corrected chi connectivity index (χ1v) is 9.54. The molecule has 1 amide bonds. The van der Waals surface area contributed by atoms with E-state index in [1.54, 1.807) is 0 Å². The molecule has 4 bridgehead atoms. The van der Waals surface area contributed by atoms with Gasteiger partial charge in [-0.25, -0.2) is 0 Å². The van der Waals surface area contributed by atoms with Gasteiger partial charge in [-0.05, 0) is 74.2 Å². The third kappa shape index (κ3) is 2.03. The summed E-state index contributed by atoms with van der Waals surface area (Å²) in [7, 11) is 0. The molecule has 1 aliphatic heterocycles. The van der Waals surface area contributed by atoms with E-state index in [1.807, 2.05) is 0 Å². The van der Waals surface area contributed by atoms with Crippen LogP contribution in [0.15, 0.2) is 30.3 Å². The van der Waals surface area contributed by atoms with Crippen LogP contribution in [0, 0.1) is 17.3 Å². The zero-order chi connectivity index (χ0) is 15.5. The molecule has 1 saturated heterocycles. The van der Waals surface area contributed by atoms with Crippen molar-refractivity contribution in [3.8, 4) is 0 Å². The Kier molecular flexibility index (Phi) is 2.96. The summed E-state index contributed by atoms with van der Waals surface area (Å²) in [5.41, 5.74) is 1.78. The van der Waals surface area contributed by atoms with Gasteiger partial charge < -0.3 is 4.90 Å². The Morgan fingerprint density at radius 1 is 0.957 bits per heavy atom. The highest BCUT2D eigenvalue weighted by molar-refractivity contribution is 5.84. The average Bonchev–Trinajstić information content (AvgIpc) is 3.08. The second kappa shape index (κ2) is 4.84. The highest BCUT2D eigenvalue weighted by Crippen LogP contribution is 2.66. The monoisotopic (exact) mass is 309 g/mol. The quantitative estimate of drug-likeness (QED) is 0.804.